The minimum absolute atomic E-state index is 0.00243. The van der Waals surface area contributed by atoms with E-state index in [2.05, 4.69) is 20.8 Å². The van der Waals surface area contributed by atoms with Gasteiger partial charge in [-0.2, -0.15) is 0 Å². The Morgan fingerprint density at radius 1 is 0.324 bits per heavy atom. The molecular formula is C56H44O18. The Balaban J connectivity index is 0.000000213. The number of hydrogen-bond donors (Lipinski definition) is 9. The lowest BCUT2D eigenvalue weighted by Crippen LogP contribution is -2.10. The minimum Gasteiger partial charge on any atom is -0.478 e. The standard InChI is InChI=1S/C27H18O6.C16H10O6.C9H6O6.C4H10/c28-25(29)19-7-1-16(2-8-19)22-13-23(17-3-9-20(10-4-17)26(30)31)15-24(14-22)18-5-11-21(12-6-18)27(32)33;17-14(18)10-1-7-2-11(15(19)20)5-9-6-12(16(21)22)4-8(3-10)13(7)9;10-7(11)4-1-5(8(12)13)3-6(2-4)9(14)15;1-4(2)3/h1-15H,(H,28,29)(H,30,31)(H,32,33);1-5H,6H2,(H,17,18)(H,19,20)(H,21,22);1-3H,(H,10,11)(H,12,13)(H,14,15);4H,1-3H3. The van der Waals surface area contributed by atoms with Crippen LogP contribution < -0.4 is 0 Å². The normalized spacial score (nSPS) is 10.9. The first-order valence-corrected chi connectivity index (χ1v) is 21.9. The molecule has 1 aliphatic rings. The van der Waals surface area contributed by atoms with E-state index in [4.69, 9.17) is 25.5 Å². The number of hydrogen-bond acceptors (Lipinski definition) is 9. The summed E-state index contributed by atoms with van der Waals surface area (Å²) in [5.41, 5.74) is 5.53. The largest absolute Gasteiger partial charge is 0.478 e. The van der Waals surface area contributed by atoms with Gasteiger partial charge in [0.2, 0.25) is 0 Å². The van der Waals surface area contributed by atoms with Gasteiger partial charge in [0.05, 0.1) is 44.5 Å². The third-order valence-corrected chi connectivity index (χ3v) is 10.6. The zero-order valence-electron chi connectivity index (χ0n) is 39.3. The quantitative estimate of drug-likeness (QED) is 0.0549. The van der Waals surface area contributed by atoms with Crippen LogP contribution in [0.4, 0.5) is 0 Å². The Kier molecular flexibility index (Phi) is 17.4. The third kappa shape index (κ3) is 14.0. The molecule has 0 saturated carbocycles. The molecule has 1 aliphatic carbocycles. The molecule has 74 heavy (non-hydrogen) atoms. The number of carboxylic acid groups (broad SMARTS) is 9. The van der Waals surface area contributed by atoms with Gasteiger partial charge in [0, 0.05) is 12.0 Å². The van der Waals surface area contributed by atoms with Crippen LogP contribution in [0.15, 0.2) is 139 Å². The summed E-state index contributed by atoms with van der Waals surface area (Å²) in [6.07, 6.45) is 1.54. The summed E-state index contributed by atoms with van der Waals surface area (Å²) in [5.74, 6) is -9.72. The average Bonchev–Trinajstić information content (AvgIpc) is 3.36. The zero-order chi connectivity index (χ0) is 54.7. The van der Waals surface area contributed by atoms with Gasteiger partial charge in [-0.1, -0.05) is 57.2 Å². The highest BCUT2D eigenvalue weighted by Crippen LogP contribution is 2.35. The highest BCUT2D eigenvalue weighted by molar-refractivity contribution is 6.08. The van der Waals surface area contributed by atoms with Crippen molar-refractivity contribution in [2.75, 3.05) is 0 Å². The van der Waals surface area contributed by atoms with Crippen LogP contribution in [0, 0.1) is 5.92 Å². The van der Waals surface area contributed by atoms with E-state index in [-0.39, 0.29) is 56.5 Å². The zero-order valence-corrected chi connectivity index (χ0v) is 39.3. The molecule has 7 aromatic rings. The predicted molar refractivity (Wildman–Crippen MR) is 269 cm³/mol. The molecule has 376 valence electrons. The first kappa shape index (κ1) is 54.7. The van der Waals surface area contributed by atoms with Crippen molar-refractivity contribution in [1.82, 2.24) is 0 Å². The number of carbonyl (C=O) groups is 9. The Morgan fingerprint density at radius 3 is 0.865 bits per heavy atom. The van der Waals surface area contributed by atoms with Crippen molar-refractivity contribution < 1.29 is 89.1 Å². The summed E-state index contributed by atoms with van der Waals surface area (Å²) >= 11 is 0. The minimum atomic E-state index is -1.37. The molecule has 0 spiro atoms. The van der Waals surface area contributed by atoms with Gasteiger partial charge in [-0.15, -0.1) is 0 Å². The highest BCUT2D eigenvalue weighted by Gasteiger charge is 2.22. The molecule has 0 aliphatic heterocycles. The average molecular weight is 1000 g/mol. The summed E-state index contributed by atoms with van der Waals surface area (Å²) in [4.78, 5) is 98.9. The van der Waals surface area contributed by atoms with Crippen molar-refractivity contribution in [2.24, 2.45) is 5.92 Å². The Bertz CT molecular complexity index is 3150. The Labute approximate surface area is 419 Å². The fourth-order valence-corrected chi connectivity index (χ4v) is 7.26. The molecule has 18 heteroatoms. The lowest BCUT2D eigenvalue weighted by Gasteiger charge is -2.17. The van der Waals surface area contributed by atoms with E-state index in [1.54, 1.807) is 36.4 Å². The van der Waals surface area contributed by atoms with Crippen molar-refractivity contribution in [1.29, 1.82) is 0 Å². The lowest BCUT2D eigenvalue weighted by atomic mass is 9.86. The maximum atomic E-state index is 11.2. The number of benzene rings is 7. The van der Waals surface area contributed by atoms with Gasteiger partial charge in [-0.05, 0) is 164 Å². The van der Waals surface area contributed by atoms with Gasteiger partial charge < -0.3 is 46.0 Å². The summed E-state index contributed by atoms with van der Waals surface area (Å²) in [6.45, 7) is 6.50. The van der Waals surface area contributed by atoms with E-state index in [0.29, 0.717) is 21.9 Å². The second-order valence-corrected chi connectivity index (χ2v) is 17.0. The van der Waals surface area contributed by atoms with Crippen LogP contribution in [0.1, 0.15) is 115 Å². The summed E-state index contributed by atoms with van der Waals surface area (Å²) in [6, 6.07) is 33.8. The van der Waals surface area contributed by atoms with Crippen molar-refractivity contribution in [3.05, 3.63) is 195 Å². The second kappa shape index (κ2) is 23.6. The summed E-state index contributed by atoms with van der Waals surface area (Å²) < 4.78 is 0. The number of aliphatic carboxylic acids is 1. The molecule has 0 radical (unpaired) electrons. The molecule has 9 N–H and O–H groups in total. The molecule has 0 fully saturated rings. The fraction of sp³-hybridized carbons (Fsp3) is 0.0893. The highest BCUT2D eigenvalue weighted by atomic mass is 16.4. The van der Waals surface area contributed by atoms with Crippen molar-refractivity contribution in [2.45, 2.75) is 27.2 Å². The molecule has 0 aromatic heterocycles. The molecule has 0 unspecified atom stereocenters. The molecule has 0 heterocycles. The third-order valence-electron chi connectivity index (χ3n) is 10.6. The molecule has 0 amide bonds. The maximum Gasteiger partial charge on any atom is 0.335 e. The molecule has 8 rings (SSSR count). The fourth-order valence-electron chi connectivity index (χ4n) is 7.26. The first-order chi connectivity index (χ1) is 34.8. The van der Waals surface area contributed by atoms with E-state index < -0.39 is 53.7 Å². The monoisotopic (exact) mass is 1000 g/mol. The van der Waals surface area contributed by atoms with Gasteiger partial charge >= 0.3 is 53.7 Å². The van der Waals surface area contributed by atoms with E-state index >= 15 is 0 Å². The van der Waals surface area contributed by atoms with E-state index in [9.17, 15) is 63.6 Å². The van der Waals surface area contributed by atoms with Crippen LogP contribution in [-0.2, 0) is 11.2 Å². The van der Waals surface area contributed by atoms with Crippen LogP contribution in [0.3, 0.4) is 0 Å². The van der Waals surface area contributed by atoms with E-state index in [1.165, 1.54) is 66.7 Å². The van der Waals surface area contributed by atoms with Crippen LogP contribution in [0.2, 0.25) is 0 Å². The Morgan fingerprint density at radius 2 is 0.595 bits per heavy atom. The molecule has 18 nitrogen and oxygen atoms in total. The molecule has 7 aromatic carbocycles. The molecule has 0 saturated heterocycles. The van der Waals surface area contributed by atoms with Crippen LogP contribution in [-0.4, -0.2) is 99.7 Å². The number of rotatable bonds is 12. The number of carboxylic acids is 9. The lowest BCUT2D eigenvalue weighted by molar-refractivity contribution is -0.132. The summed E-state index contributed by atoms with van der Waals surface area (Å²) in [5, 5.41) is 82.0. The van der Waals surface area contributed by atoms with Gasteiger partial charge in [0.1, 0.15) is 0 Å². The van der Waals surface area contributed by atoms with Crippen LogP contribution in [0.5, 0.6) is 0 Å². The van der Waals surface area contributed by atoms with Gasteiger partial charge in [-0.25, -0.2) is 43.2 Å². The molecule has 0 bridgehead atoms. The predicted octanol–water partition coefficient (Wildman–Crippen LogP) is 10.5. The van der Waals surface area contributed by atoms with Crippen molar-refractivity contribution in [3.63, 3.8) is 0 Å². The maximum absolute atomic E-state index is 11.2. The topological polar surface area (TPSA) is 336 Å². The van der Waals surface area contributed by atoms with E-state index in [0.717, 1.165) is 57.5 Å². The van der Waals surface area contributed by atoms with Crippen LogP contribution >= 0.6 is 0 Å². The Hall–Kier alpha value is -10.2. The SMILES string of the molecule is CC(C)C.O=C(O)C1=Cc2cc(C(=O)O)cc3cc(C(=O)O)cc(c23)C1.O=C(O)c1cc(C(=O)O)cc(C(=O)O)c1.O=C(O)c1ccc(-c2cc(-c3ccc(C(=O)O)cc3)cc(-c3ccc(C(=O)O)cc3)c2)cc1. The molecule has 0 atom stereocenters. The van der Waals surface area contributed by atoms with Gasteiger partial charge in [0.25, 0.3) is 0 Å². The van der Waals surface area contributed by atoms with Gasteiger partial charge in [-0.3, -0.25) is 0 Å². The smallest absolute Gasteiger partial charge is 0.335 e. The second-order valence-electron chi connectivity index (χ2n) is 17.0. The van der Waals surface area contributed by atoms with Gasteiger partial charge in [0.15, 0.2) is 0 Å². The first-order valence-electron chi connectivity index (χ1n) is 21.9. The van der Waals surface area contributed by atoms with Crippen molar-refractivity contribution >= 4 is 70.6 Å². The summed E-state index contributed by atoms with van der Waals surface area (Å²) in [7, 11) is 0. The van der Waals surface area contributed by atoms with E-state index in [1.807, 2.05) is 18.2 Å². The van der Waals surface area contributed by atoms with Crippen LogP contribution in [0.25, 0.3) is 50.2 Å². The molecular weight excluding hydrogens is 961 g/mol. The number of aromatic carboxylic acids is 8. The van der Waals surface area contributed by atoms with Crippen molar-refractivity contribution in [3.8, 4) is 33.4 Å².